The fourth-order valence-electron chi connectivity index (χ4n) is 2.95. The fraction of sp³-hybridized carbons (Fsp3) is 0.600. The first-order chi connectivity index (χ1) is 8.50. The Labute approximate surface area is 123 Å². The number of benzene rings is 1. The second-order valence-corrected chi connectivity index (χ2v) is 6.93. The smallest absolute Gasteiger partial charge is 0.0595 e. The summed E-state index contributed by atoms with van der Waals surface area (Å²) in [6, 6.07) is 6.09. The summed E-state index contributed by atoms with van der Waals surface area (Å²) in [6.07, 6.45) is 3.71. The Morgan fingerprint density at radius 3 is 2.67 bits per heavy atom. The van der Waals surface area contributed by atoms with Crippen LogP contribution in [0.1, 0.15) is 44.7 Å². The maximum atomic E-state index is 6.44. The first-order valence-electron chi connectivity index (χ1n) is 6.70. The molecule has 1 saturated carbocycles. The fourth-order valence-corrected chi connectivity index (χ4v) is 3.58. The lowest BCUT2D eigenvalue weighted by Gasteiger charge is -2.35. The van der Waals surface area contributed by atoms with Gasteiger partial charge in [0.25, 0.3) is 0 Å². The molecule has 1 fully saturated rings. The molecular formula is C15H21BrClN. The van der Waals surface area contributed by atoms with Crippen LogP contribution >= 0.6 is 27.5 Å². The summed E-state index contributed by atoms with van der Waals surface area (Å²) in [6.45, 7) is 4.69. The lowest BCUT2D eigenvalue weighted by Crippen LogP contribution is -2.29. The molecular weight excluding hydrogens is 310 g/mol. The molecule has 2 rings (SSSR count). The van der Waals surface area contributed by atoms with E-state index in [0.29, 0.717) is 5.92 Å². The number of rotatable bonds is 2. The van der Waals surface area contributed by atoms with Crippen LogP contribution < -0.4 is 5.73 Å². The predicted octanol–water partition coefficient (Wildman–Crippen LogP) is 5.17. The van der Waals surface area contributed by atoms with E-state index >= 15 is 0 Å². The molecule has 1 aromatic rings. The first kappa shape index (κ1) is 14.4. The molecule has 0 heterocycles. The summed E-state index contributed by atoms with van der Waals surface area (Å²) in [5.41, 5.74) is 7.52. The minimum atomic E-state index is 0.0601. The Bertz CT molecular complexity index is 421. The largest absolute Gasteiger partial charge is 0.324 e. The Morgan fingerprint density at radius 1 is 1.28 bits per heavy atom. The van der Waals surface area contributed by atoms with Crippen LogP contribution in [-0.4, -0.2) is 0 Å². The Hall–Kier alpha value is -0.0500. The van der Waals surface area contributed by atoms with E-state index in [4.69, 9.17) is 17.3 Å². The van der Waals surface area contributed by atoms with Crippen LogP contribution in [0.2, 0.25) is 5.02 Å². The molecule has 18 heavy (non-hydrogen) atoms. The molecule has 3 heteroatoms. The molecule has 1 aliphatic carbocycles. The summed E-state index contributed by atoms with van der Waals surface area (Å²) in [7, 11) is 0. The Balaban J connectivity index is 2.16. The zero-order valence-corrected chi connectivity index (χ0v) is 13.3. The molecule has 0 aromatic heterocycles. The van der Waals surface area contributed by atoms with Crippen LogP contribution in [0, 0.1) is 17.8 Å². The number of halogens is 2. The van der Waals surface area contributed by atoms with Crippen molar-refractivity contribution in [2.75, 3.05) is 0 Å². The van der Waals surface area contributed by atoms with Crippen LogP contribution in [0.3, 0.4) is 0 Å². The van der Waals surface area contributed by atoms with Gasteiger partial charge in [-0.25, -0.2) is 0 Å². The molecule has 0 spiro atoms. The SMILES string of the molecule is CC1CCC(C(N)c2cccc(Br)c2Cl)CC1C. The van der Waals surface area contributed by atoms with Crippen molar-refractivity contribution < 1.29 is 0 Å². The van der Waals surface area contributed by atoms with Crippen LogP contribution in [-0.2, 0) is 0 Å². The highest BCUT2D eigenvalue weighted by molar-refractivity contribution is 9.10. The molecule has 0 aliphatic heterocycles. The van der Waals surface area contributed by atoms with Crippen molar-refractivity contribution in [2.45, 2.75) is 39.2 Å². The first-order valence-corrected chi connectivity index (χ1v) is 7.87. The van der Waals surface area contributed by atoms with Gasteiger partial charge >= 0.3 is 0 Å². The highest BCUT2D eigenvalue weighted by Gasteiger charge is 2.30. The Morgan fingerprint density at radius 2 is 2.00 bits per heavy atom. The lowest BCUT2D eigenvalue weighted by molar-refractivity contribution is 0.186. The molecule has 1 nitrogen and oxygen atoms in total. The van der Waals surface area contributed by atoms with E-state index in [2.05, 4.69) is 35.8 Å². The van der Waals surface area contributed by atoms with Gasteiger partial charge in [0.15, 0.2) is 0 Å². The van der Waals surface area contributed by atoms with Gasteiger partial charge in [0.1, 0.15) is 0 Å². The molecule has 4 unspecified atom stereocenters. The number of nitrogens with two attached hydrogens (primary N) is 1. The predicted molar refractivity (Wildman–Crippen MR) is 81.7 cm³/mol. The van der Waals surface area contributed by atoms with E-state index in [0.717, 1.165) is 26.9 Å². The standard InChI is InChI=1S/C15H21BrClN/c1-9-6-7-11(8-10(9)2)15(18)12-4-3-5-13(16)14(12)17/h3-5,9-11,15H,6-8,18H2,1-2H3. The summed E-state index contributed by atoms with van der Waals surface area (Å²) < 4.78 is 0.939. The van der Waals surface area contributed by atoms with Gasteiger partial charge in [-0.2, -0.15) is 0 Å². The molecule has 0 saturated heterocycles. The zero-order chi connectivity index (χ0) is 13.3. The number of hydrogen-bond donors (Lipinski definition) is 1. The molecule has 1 aliphatic rings. The second kappa shape index (κ2) is 5.94. The molecule has 0 radical (unpaired) electrons. The van der Waals surface area contributed by atoms with Gasteiger partial charge < -0.3 is 5.73 Å². The minimum absolute atomic E-state index is 0.0601. The van der Waals surface area contributed by atoms with Gasteiger partial charge in [-0.15, -0.1) is 0 Å². The van der Waals surface area contributed by atoms with E-state index in [1.54, 1.807) is 0 Å². The van der Waals surface area contributed by atoms with E-state index in [1.807, 2.05) is 12.1 Å². The van der Waals surface area contributed by atoms with Gasteiger partial charge in [0, 0.05) is 10.5 Å². The highest BCUT2D eigenvalue weighted by atomic mass is 79.9. The van der Waals surface area contributed by atoms with Crippen molar-refractivity contribution in [1.29, 1.82) is 0 Å². The quantitative estimate of drug-likeness (QED) is 0.795. The lowest BCUT2D eigenvalue weighted by atomic mass is 9.72. The normalized spacial score (nSPS) is 30.2. The molecule has 100 valence electrons. The van der Waals surface area contributed by atoms with E-state index in [-0.39, 0.29) is 6.04 Å². The van der Waals surface area contributed by atoms with E-state index in [1.165, 1.54) is 19.3 Å². The molecule has 0 bridgehead atoms. The summed E-state index contributed by atoms with van der Waals surface area (Å²) in [5.74, 6) is 2.15. The van der Waals surface area contributed by atoms with E-state index < -0.39 is 0 Å². The van der Waals surface area contributed by atoms with Crippen molar-refractivity contribution in [3.05, 3.63) is 33.3 Å². The van der Waals surface area contributed by atoms with E-state index in [9.17, 15) is 0 Å². The van der Waals surface area contributed by atoms with Crippen LogP contribution in [0.15, 0.2) is 22.7 Å². The molecule has 4 atom stereocenters. The molecule has 1 aromatic carbocycles. The maximum absolute atomic E-state index is 6.44. The third-order valence-electron chi connectivity index (χ3n) is 4.49. The van der Waals surface area contributed by atoms with Crippen molar-refractivity contribution in [1.82, 2.24) is 0 Å². The number of hydrogen-bond acceptors (Lipinski definition) is 1. The highest BCUT2D eigenvalue weighted by Crippen LogP contribution is 2.41. The van der Waals surface area contributed by atoms with Crippen molar-refractivity contribution in [2.24, 2.45) is 23.5 Å². The Kier molecular flexibility index (Phi) is 4.74. The topological polar surface area (TPSA) is 26.0 Å². The van der Waals surface area contributed by atoms with Gasteiger partial charge in [-0.1, -0.05) is 44.0 Å². The van der Waals surface area contributed by atoms with Gasteiger partial charge in [-0.3, -0.25) is 0 Å². The van der Waals surface area contributed by atoms with Gasteiger partial charge in [-0.05, 0) is 58.2 Å². The second-order valence-electron chi connectivity index (χ2n) is 5.70. The van der Waals surface area contributed by atoms with Gasteiger partial charge in [0.2, 0.25) is 0 Å². The van der Waals surface area contributed by atoms with Crippen molar-refractivity contribution in [3.8, 4) is 0 Å². The van der Waals surface area contributed by atoms with Crippen molar-refractivity contribution in [3.63, 3.8) is 0 Å². The van der Waals surface area contributed by atoms with Gasteiger partial charge in [0.05, 0.1) is 5.02 Å². The third-order valence-corrected chi connectivity index (χ3v) is 5.80. The average molecular weight is 331 g/mol. The average Bonchev–Trinajstić information content (AvgIpc) is 2.35. The summed E-state index contributed by atoms with van der Waals surface area (Å²) >= 11 is 9.82. The monoisotopic (exact) mass is 329 g/mol. The van der Waals surface area contributed by atoms with Crippen LogP contribution in [0.5, 0.6) is 0 Å². The molecule has 2 N–H and O–H groups in total. The summed E-state index contributed by atoms with van der Waals surface area (Å²) in [5, 5.41) is 0.774. The minimum Gasteiger partial charge on any atom is -0.324 e. The zero-order valence-electron chi connectivity index (χ0n) is 11.0. The van der Waals surface area contributed by atoms with Crippen molar-refractivity contribution >= 4 is 27.5 Å². The summed E-state index contributed by atoms with van der Waals surface area (Å²) in [4.78, 5) is 0. The maximum Gasteiger partial charge on any atom is 0.0595 e. The molecule has 0 amide bonds. The van der Waals surface area contributed by atoms with Crippen LogP contribution in [0.25, 0.3) is 0 Å². The third kappa shape index (κ3) is 2.92. The van der Waals surface area contributed by atoms with Crippen LogP contribution in [0.4, 0.5) is 0 Å².